The quantitative estimate of drug-likeness (QED) is 0.402. The van der Waals surface area contributed by atoms with Gasteiger partial charge >= 0.3 is 0 Å². The Bertz CT molecular complexity index is 1200. The fourth-order valence-electron chi connectivity index (χ4n) is 4.29. The van der Waals surface area contributed by atoms with Gasteiger partial charge in [0, 0.05) is 21.5 Å². The highest BCUT2D eigenvalue weighted by molar-refractivity contribution is 7.10. The average molecular weight is 533 g/mol. The molecule has 0 bridgehead atoms. The van der Waals surface area contributed by atoms with Gasteiger partial charge in [-0.15, -0.1) is 11.3 Å². The Labute approximate surface area is 218 Å². The van der Waals surface area contributed by atoms with Crippen LogP contribution in [0.3, 0.4) is 0 Å². The van der Waals surface area contributed by atoms with Crippen molar-refractivity contribution >= 4 is 46.4 Å². The number of thiophene rings is 1. The third kappa shape index (κ3) is 6.23. The van der Waals surface area contributed by atoms with E-state index in [2.05, 4.69) is 5.32 Å². The first kappa shape index (κ1) is 25.7. The van der Waals surface area contributed by atoms with Gasteiger partial charge in [-0.25, -0.2) is 0 Å². The first-order chi connectivity index (χ1) is 16.8. The summed E-state index contributed by atoms with van der Waals surface area (Å²) in [6.45, 7) is 0.615. The number of hydrogen-bond acceptors (Lipinski definition) is 5. The molecule has 3 aromatic rings. The molecule has 1 saturated heterocycles. The number of rotatable bonds is 8. The lowest BCUT2D eigenvalue weighted by Gasteiger charge is -2.28. The molecule has 1 aliphatic rings. The molecule has 0 radical (unpaired) electrons. The highest BCUT2D eigenvalue weighted by Gasteiger charge is 2.38. The van der Waals surface area contributed by atoms with E-state index in [0.717, 1.165) is 34.4 Å². The topological polar surface area (TPSA) is 89.9 Å². The van der Waals surface area contributed by atoms with Crippen LogP contribution in [0.2, 0.25) is 10.0 Å². The fraction of sp³-hybridized carbons (Fsp3) is 0.308. The van der Waals surface area contributed by atoms with Crippen LogP contribution in [0, 0.1) is 0 Å². The maximum Gasteiger partial charge on any atom is 0.255 e. The molecule has 1 aliphatic heterocycles. The molecule has 2 amide bonds. The summed E-state index contributed by atoms with van der Waals surface area (Å²) in [6, 6.07) is 16.5. The van der Waals surface area contributed by atoms with Crippen LogP contribution in [0.25, 0.3) is 0 Å². The zero-order valence-electron chi connectivity index (χ0n) is 18.9. The number of amides is 2. The van der Waals surface area contributed by atoms with E-state index in [9.17, 15) is 19.8 Å². The number of benzene rings is 2. The van der Waals surface area contributed by atoms with Crippen LogP contribution in [0.5, 0.6) is 0 Å². The van der Waals surface area contributed by atoms with Crippen LogP contribution in [0.4, 0.5) is 0 Å². The van der Waals surface area contributed by atoms with E-state index >= 15 is 0 Å². The van der Waals surface area contributed by atoms with E-state index in [1.165, 1.54) is 16.2 Å². The van der Waals surface area contributed by atoms with Crippen LogP contribution < -0.4 is 5.32 Å². The average Bonchev–Trinajstić information content (AvgIpc) is 3.52. The second-order valence-electron chi connectivity index (χ2n) is 8.54. The van der Waals surface area contributed by atoms with Crippen molar-refractivity contribution < 1.29 is 19.8 Å². The normalized spacial score (nSPS) is 17.3. The van der Waals surface area contributed by atoms with E-state index in [0.29, 0.717) is 23.0 Å². The predicted molar refractivity (Wildman–Crippen MR) is 138 cm³/mol. The zero-order valence-corrected chi connectivity index (χ0v) is 21.2. The molecule has 9 heteroatoms. The van der Waals surface area contributed by atoms with Crippen molar-refractivity contribution in [1.29, 1.82) is 0 Å². The van der Waals surface area contributed by atoms with Crippen molar-refractivity contribution in [3.63, 3.8) is 0 Å². The van der Waals surface area contributed by atoms with Gasteiger partial charge in [0.15, 0.2) is 12.2 Å². The highest BCUT2D eigenvalue weighted by Crippen LogP contribution is 2.33. The first-order valence-corrected chi connectivity index (χ1v) is 13.0. The minimum absolute atomic E-state index is 0.179. The third-order valence-electron chi connectivity index (χ3n) is 6.09. The van der Waals surface area contributed by atoms with Crippen molar-refractivity contribution in [2.75, 3.05) is 6.54 Å². The summed E-state index contributed by atoms with van der Waals surface area (Å²) < 4.78 is 0. The highest BCUT2D eigenvalue weighted by atomic mass is 35.5. The van der Waals surface area contributed by atoms with Gasteiger partial charge in [0.2, 0.25) is 0 Å². The Morgan fingerprint density at radius 2 is 1.89 bits per heavy atom. The van der Waals surface area contributed by atoms with Crippen LogP contribution in [-0.4, -0.2) is 45.7 Å². The van der Waals surface area contributed by atoms with Gasteiger partial charge in [0.1, 0.15) is 0 Å². The zero-order chi connectivity index (χ0) is 24.9. The Hall–Kier alpha value is -2.42. The Balaban J connectivity index is 1.32. The molecule has 3 N–H and O–H groups in total. The van der Waals surface area contributed by atoms with Crippen LogP contribution in [0.15, 0.2) is 60.0 Å². The maximum atomic E-state index is 12.9. The SMILES string of the molecule is O=C(NCc1cc(Cc2ccccc2Cl)cs1)[C@H](O)[C@@H](O)C(=O)N1CCCC1c1cccc(Cl)c1. The Morgan fingerprint density at radius 1 is 1.09 bits per heavy atom. The lowest BCUT2D eigenvalue weighted by atomic mass is 10.0. The number of hydrogen-bond donors (Lipinski definition) is 3. The maximum absolute atomic E-state index is 12.9. The summed E-state index contributed by atoms with van der Waals surface area (Å²) in [6.07, 6.45) is -1.58. The Morgan fingerprint density at radius 3 is 2.66 bits per heavy atom. The molecule has 0 saturated carbocycles. The largest absolute Gasteiger partial charge is 0.380 e. The van der Waals surface area contributed by atoms with E-state index in [1.54, 1.807) is 12.1 Å². The molecule has 35 heavy (non-hydrogen) atoms. The first-order valence-electron chi connectivity index (χ1n) is 11.3. The molecule has 4 rings (SSSR count). The lowest BCUT2D eigenvalue weighted by molar-refractivity contribution is -0.153. The van der Waals surface area contributed by atoms with Gasteiger partial charge in [0.05, 0.1) is 12.6 Å². The standard InChI is InChI=1S/C26H26Cl2N2O4S/c27-19-7-3-6-18(13-19)22-9-4-10-30(22)26(34)24(32)23(31)25(33)29-14-20-12-16(15-35-20)11-17-5-1-2-8-21(17)28/h1-3,5-8,12-13,15,22-24,31-32H,4,9-11,14H2,(H,29,33)/t22?,23-,24-/m1/s1. The van der Waals surface area contributed by atoms with Gasteiger partial charge in [-0.3, -0.25) is 9.59 Å². The second-order valence-corrected chi connectivity index (χ2v) is 10.4. The van der Waals surface area contributed by atoms with Crippen molar-refractivity contribution in [3.05, 3.63) is 91.6 Å². The van der Waals surface area contributed by atoms with Gasteiger partial charge in [-0.1, -0.05) is 53.5 Å². The molecule has 2 heterocycles. The van der Waals surface area contributed by atoms with Gasteiger partial charge in [0.25, 0.3) is 11.8 Å². The molecule has 0 spiro atoms. The van der Waals surface area contributed by atoms with Crippen molar-refractivity contribution in [1.82, 2.24) is 10.2 Å². The third-order valence-corrected chi connectivity index (χ3v) is 7.68. The molecular formula is C26H26Cl2N2O4S. The molecule has 1 aromatic heterocycles. The van der Waals surface area contributed by atoms with Crippen molar-refractivity contribution in [2.45, 2.75) is 44.1 Å². The van der Waals surface area contributed by atoms with E-state index in [1.807, 2.05) is 47.8 Å². The molecule has 0 aliphatic carbocycles. The smallest absolute Gasteiger partial charge is 0.255 e. The van der Waals surface area contributed by atoms with Crippen molar-refractivity contribution in [2.24, 2.45) is 0 Å². The van der Waals surface area contributed by atoms with Crippen LogP contribution >= 0.6 is 34.5 Å². The minimum Gasteiger partial charge on any atom is -0.380 e. The molecular weight excluding hydrogens is 507 g/mol. The molecule has 3 atom stereocenters. The van der Waals surface area contributed by atoms with E-state index < -0.39 is 24.0 Å². The minimum atomic E-state index is -1.87. The number of carbonyl (C=O) groups excluding carboxylic acids is 2. The summed E-state index contributed by atoms with van der Waals surface area (Å²) in [5, 5.41) is 26.7. The number of carbonyl (C=O) groups is 2. The van der Waals surface area contributed by atoms with Crippen LogP contribution in [0.1, 0.15) is 40.5 Å². The molecule has 6 nitrogen and oxygen atoms in total. The number of halogens is 2. The van der Waals surface area contributed by atoms with Gasteiger partial charge in [-0.05, 0) is 65.6 Å². The number of aliphatic hydroxyl groups is 2. The fourth-order valence-corrected chi connectivity index (χ4v) is 5.52. The number of nitrogens with zero attached hydrogens (tertiary/aromatic N) is 1. The number of nitrogens with one attached hydrogen (secondary N) is 1. The summed E-state index contributed by atoms with van der Waals surface area (Å²) in [7, 11) is 0. The van der Waals surface area contributed by atoms with E-state index in [-0.39, 0.29) is 12.6 Å². The number of likely N-dealkylation sites (tertiary alicyclic amines) is 1. The summed E-state index contributed by atoms with van der Waals surface area (Å²) in [4.78, 5) is 27.8. The summed E-state index contributed by atoms with van der Waals surface area (Å²) >= 11 is 13.8. The van der Waals surface area contributed by atoms with Gasteiger partial charge < -0.3 is 20.4 Å². The molecule has 2 aromatic carbocycles. The monoisotopic (exact) mass is 532 g/mol. The molecule has 1 unspecified atom stereocenters. The van der Waals surface area contributed by atoms with Gasteiger partial charge in [-0.2, -0.15) is 0 Å². The lowest BCUT2D eigenvalue weighted by Crippen LogP contribution is -2.50. The summed E-state index contributed by atoms with van der Waals surface area (Å²) in [5.41, 5.74) is 2.93. The Kier molecular flexibility index (Phi) is 8.46. The summed E-state index contributed by atoms with van der Waals surface area (Å²) in [5.74, 6) is -1.47. The second kappa shape index (κ2) is 11.5. The predicted octanol–water partition coefficient (Wildman–Crippen LogP) is 4.35. The van der Waals surface area contributed by atoms with E-state index in [4.69, 9.17) is 23.2 Å². The van der Waals surface area contributed by atoms with Crippen LogP contribution in [-0.2, 0) is 22.6 Å². The number of aliphatic hydroxyl groups excluding tert-OH is 2. The molecule has 1 fully saturated rings. The van der Waals surface area contributed by atoms with Crippen molar-refractivity contribution in [3.8, 4) is 0 Å². The molecule has 184 valence electrons.